The molecule has 0 saturated carbocycles. The number of hydrogen-bond acceptors (Lipinski definition) is 9. The van der Waals surface area contributed by atoms with E-state index in [1.165, 1.54) is 6.33 Å². The van der Waals surface area contributed by atoms with Gasteiger partial charge in [0.15, 0.2) is 0 Å². The van der Waals surface area contributed by atoms with E-state index in [2.05, 4.69) is 49.4 Å². The van der Waals surface area contributed by atoms with Gasteiger partial charge in [-0.1, -0.05) is 19.0 Å². The topological polar surface area (TPSA) is 116 Å². The predicted octanol–water partition coefficient (Wildman–Crippen LogP) is 2.52. The van der Waals surface area contributed by atoms with Gasteiger partial charge in [-0.3, -0.25) is 4.98 Å². The molecule has 0 aliphatic rings. The monoisotopic (exact) mass is 380 g/mol. The summed E-state index contributed by atoms with van der Waals surface area (Å²) in [5.41, 5.74) is 1.59. The van der Waals surface area contributed by atoms with Crippen LogP contribution in [0.15, 0.2) is 41.4 Å². The Balaban J connectivity index is 1.68. The standard InChI is InChI=1S/C18H20N8O2/c1-11(2)15(17-24-16(25-28-17)12-4-6-19-7-5-12)23-14-8-13(9-27-3)22-18-20-10-21-26(14)18/h4-8,10-11,15,23H,9H2,1-3H3. The molecule has 144 valence electrons. The van der Waals surface area contributed by atoms with Crippen molar-refractivity contribution in [2.45, 2.75) is 26.5 Å². The molecule has 0 radical (unpaired) electrons. The van der Waals surface area contributed by atoms with Crippen LogP contribution in [0.5, 0.6) is 0 Å². The van der Waals surface area contributed by atoms with Crippen molar-refractivity contribution in [2.75, 3.05) is 12.4 Å². The summed E-state index contributed by atoms with van der Waals surface area (Å²) in [6.45, 7) is 4.52. The van der Waals surface area contributed by atoms with Gasteiger partial charge in [-0.2, -0.15) is 19.6 Å². The second-order valence-electron chi connectivity index (χ2n) is 6.60. The maximum Gasteiger partial charge on any atom is 0.254 e. The van der Waals surface area contributed by atoms with Gasteiger partial charge in [-0.15, -0.1) is 0 Å². The fourth-order valence-electron chi connectivity index (χ4n) is 2.84. The van der Waals surface area contributed by atoms with Gasteiger partial charge in [0.05, 0.1) is 12.3 Å². The summed E-state index contributed by atoms with van der Waals surface area (Å²) in [6, 6.07) is 5.32. The molecule has 0 aromatic carbocycles. The summed E-state index contributed by atoms with van der Waals surface area (Å²) in [4.78, 5) is 17.2. The van der Waals surface area contributed by atoms with Crippen molar-refractivity contribution in [1.29, 1.82) is 0 Å². The number of nitrogens with one attached hydrogen (secondary N) is 1. The van der Waals surface area contributed by atoms with Crippen molar-refractivity contribution >= 4 is 11.6 Å². The van der Waals surface area contributed by atoms with E-state index >= 15 is 0 Å². The molecule has 28 heavy (non-hydrogen) atoms. The number of pyridine rings is 1. The smallest absolute Gasteiger partial charge is 0.254 e. The molecule has 4 rings (SSSR count). The fourth-order valence-corrected chi connectivity index (χ4v) is 2.84. The summed E-state index contributed by atoms with van der Waals surface area (Å²) in [7, 11) is 1.62. The van der Waals surface area contributed by atoms with E-state index in [-0.39, 0.29) is 12.0 Å². The lowest BCUT2D eigenvalue weighted by Crippen LogP contribution is -2.19. The largest absolute Gasteiger partial charge is 0.378 e. The SMILES string of the molecule is COCc1cc(NC(c2nc(-c3ccncc3)no2)C(C)C)n2ncnc2n1. The van der Waals surface area contributed by atoms with Gasteiger partial charge >= 0.3 is 0 Å². The van der Waals surface area contributed by atoms with E-state index in [9.17, 15) is 0 Å². The van der Waals surface area contributed by atoms with Crippen LogP contribution in [0.1, 0.15) is 31.5 Å². The first-order valence-corrected chi connectivity index (χ1v) is 8.85. The zero-order valence-corrected chi connectivity index (χ0v) is 15.8. The maximum atomic E-state index is 5.56. The number of rotatable bonds is 7. The van der Waals surface area contributed by atoms with Crippen molar-refractivity contribution in [3.05, 3.63) is 48.5 Å². The van der Waals surface area contributed by atoms with Gasteiger partial charge in [-0.25, -0.2) is 4.98 Å². The van der Waals surface area contributed by atoms with Gasteiger partial charge in [0, 0.05) is 31.1 Å². The van der Waals surface area contributed by atoms with Crippen LogP contribution in [0.4, 0.5) is 5.82 Å². The molecule has 10 nitrogen and oxygen atoms in total. The second kappa shape index (κ2) is 7.69. The highest BCUT2D eigenvalue weighted by Crippen LogP contribution is 2.27. The van der Waals surface area contributed by atoms with Crippen molar-refractivity contribution in [3.63, 3.8) is 0 Å². The Hall–Kier alpha value is -3.40. The number of methoxy groups -OCH3 is 1. The summed E-state index contributed by atoms with van der Waals surface area (Å²) in [6.07, 6.45) is 4.85. The average Bonchev–Trinajstić information content (AvgIpc) is 3.36. The molecule has 4 aromatic heterocycles. The van der Waals surface area contributed by atoms with Gasteiger partial charge in [0.2, 0.25) is 11.7 Å². The zero-order chi connectivity index (χ0) is 19.5. The molecule has 10 heteroatoms. The van der Waals surface area contributed by atoms with E-state index in [1.807, 2.05) is 18.2 Å². The highest BCUT2D eigenvalue weighted by molar-refractivity contribution is 5.53. The van der Waals surface area contributed by atoms with Crippen molar-refractivity contribution in [1.82, 2.24) is 34.7 Å². The fraction of sp³-hybridized carbons (Fsp3) is 0.333. The van der Waals surface area contributed by atoms with Gasteiger partial charge in [0.25, 0.3) is 5.78 Å². The molecular formula is C18H20N8O2. The Labute approximate surface area is 161 Å². The van der Waals surface area contributed by atoms with Gasteiger partial charge < -0.3 is 14.6 Å². The maximum absolute atomic E-state index is 5.56. The highest BCUT2D eigenvalue weighted by atomic mass is 16.5. The van der Waals surface area contributed by atoms with Crippen molar-refractivity contribution in [3.8, 4) is 11.4 Å². The second-order valence-corrected chi connectivity index (χ2v) is 6.60. The number of nitrogens with zero attached hydrogens (tertiary/aromatic N) is 7. The average molecular weight is 380 g/mol. The number of fused-ring (bicyclic) bond motifs is 1. The highest BCUT2D eigenvalue weighted by Gasteiger charge is 2.24. The molecule has 1 unspecified atom stereocenters. The normalized spacial score (nSPS) is 12.6. The summed E-state index contributed by atoms with van der Waals surface area (Å²) < 4.78 is 12.4. The molecule has 1 N–H and O–H groups in total. The lowest BCUT2D eigenvalue weighted by Gasteiger charge is -2.20. The molecule has 0 aliphatic heterocycles. The minimum absolute atomic E-state index is 0.170. The predicted molar refractivity (Wildman–Crippen MR) is 100 cm³/mol. The Kier molecular flexibility index (Phi) is 4.94. The molecule has 0 saturated heterocycles. The Morgan fingerprint density at radius 1 is 1.21 bits per heavy atom. The molecule has 0 spiro atoms. The van der Waals surface area contributed by atoms with Crippen LogP contribution < -0.4 is 5.32 Å². The van der Waals surface area contributed by atoms with E-state index in [4.69, 9.17) is 9.26 Å². The molecule has 4 heterocycles. The van der Waals surface area contributed by atoms with E-state index in [1.54, 1.807) is 24.0 Å². The molecule has 4 aromatic rings. The Bertz CT molecular complexity index is 1060. The Morgan fingerprint density at radius 3 is 2.79 bits per heavy atom. The third-order valence-electron chi connectivity index (χ3n) is 4.21. The first-order chi connectivity index (χ1) is 13.7. The molecule has 0 fully saturated rings. The lowest BCUT2D eigenvalue weighted by molar-refractivity contribution is 0.181. The Morgan fingerprint density at radius 2 is 2.04 bits per heavy atom. The molecule has 0 amide bonds. The third kappa shape index (κ3) is 3.54. The number of hydrogen-bond donors (Lipinski definition) is 1. The van der Waals surface area contributed by atoms with Crippen LogP contribution >= 0.6 is 0 Å². The molecule has 0 aliphatic carbocycles. The summed E-state index contributed by atoms with van der Waals surface area (Å²) in [5.74, 6) is 2.38. The van der Waals surface area contributed by atoms with Gasteiger partial charge in [0.1, 0.15) is 18.2 Å². The van der Waals surface area contributed by atoms with Crippen LogP contribution in [0.3, 0.4) is 0 Å². The summed E-state index contributed by atoms with van der Waals surface area (Å²) >= 11 is 0. The zero-order valence-electron chi connectivity index (χ0n) is 15.8. The molecule has 1 atom stereocenters. The van der Waals surface area contributed by atoms with Crippen LogP contribution in [0, 0.1) is 5.92 Å². The quantitative estimate of drug-likeness (QED) is 0.516. The third-order valence-corrected chi connectivity index (χ3v) is 4.21. The van der Waals surface area contributed by atoms with Crippen LogP contribution in [-0.2, 0) is 11.3 Å². The number of anilines is 1. The van der Waals surface area contributed by atoms with Crippen LogP contribution in [0.2, 0.25) is 0 Å². The summed E-state index contributed by atoms with van der Waals surface area (Å²) in [5, 5.41) is 11.8. The van der Waals surface area contributed by atoms with E-state index < -0.39 is 0 Å². The minimum Gasteiger partial charge on any atom is -0.378 e. The van der Waals surface area contributed by atoms with Crippen LogP contribution in [-0.4, -0.2) is 41.8 Å². The molecule has 0 bridgehead atoms. The first-order valence-electron chi connectivity index (χ1n) is 8.85. The van der Waals surface area contributed by atoms with Crippen LogP contribution in [0.25, 0.3) is 17.2 Å². The number of ether oxygens (including phenoxy) is 1. The first kappa shape index (κ1) is 18.0. The van der Waals surface area contributed by atoms with Gasteiger partial charge in [-0.05, 0) is 18.1 Å². The minimum atomic E-state index is -0.228. The lowest BCUT2D eigenvalue weighted by atomic mass is 10.0. The number of aromatic nitrogens is 7. The van der Waals surface area contributed by atoms with E-state index in [0.717, 1.165) is 17.1 Å². The van der Waals surface area contributed by atoms with Crippen molar-refractivity contribution in [2.24, 2.45) is 5.92 Å². The molecular weight excluding hydrogens is 360 g/mol. The van der Waals surface area contributed by atoms with Crippen molar-refractivity contribution < 1.29 is 9.26 Å². The van der Waals surface area contributed by atoms with E-state index in [0.29, 0.717) is 24.1 Å².